The van der Waals surface area contributed by atoms with Crippen LogP contribution in [0.5, 0.6) is 0 Å². The van der Waals surface area contributed by atoms with Gasteiger partial charge in [-0.1, -0.05) is 0 Å². The minimum Gasteiger partial charge on any atom is -0.390 e. The van der Waals surface area contributed by atoms with Gasteiger partial charge >= 0.3 is 0 Å². The predicted octanol–water partition coefficient (Wildman–Crippen LogP) is 3.29. The van der Waals surface area contributed by atoms with Gasteiger partial charge in [0.1, 0.15) is 10.7 Å². The van der Waals surface area contributed by atoms with Crippen LogP contribution in [0, 0.1) is 11.6 Å². The average molecular weight is 515 g/mol. The molecule has 0 aliphatic heterocycles. The molecule has 4 aromatic rings. The van der Waals surface area contributed by atoms with E-state index in [9.17, 15) is 22.3 Å². The summed E-state index contributed by atoms with van der Waals surface area (Å²) in [5, 5.41) is 10.1. The van der Waals surface area contributed by atoms with Gasteiger partial charge in [-0.15, -0.1) is 0 Å². The van der Waals surface area contributed by atoms with Crippen molar-refractivity contribution in [1.82, 2.24) is 24.1 Å². The van der Waals surface area contributed by atoms with Crippen molar-refractivity contribution in [3.05, 3.63) is 60.7 Å². The number of halogens is 2. The third-order valence-electron chi connectivity index (χ3n) is 6.47. The first-order chi connectivity index (χ1) is 17.0. The Balaban J connectivity index is 1.53. The van der Waals surface area contributed by atoms with Crippen LogP contribution in [-0.4, -0.2) is 44.5 Å². The van der Waals surface area contributed by atoms with Crippen LogP contribution in [0.25, 0.3) is 28.2 Å². The molecular formula is C24H24F2N6O3S. The minimum atomic E-state index is -4.19. The van der Waals surface area contributed by atoms with E-state index >= 15 is 0 Å². The second-order valence-corrected chi connectivity index (χ2v) is 10.9. The number of aromatic nitrogens is 4. The number of aliphatic hydroxyl groups is 1. The Bertz CT molecular complexity index is 1560. The Morgan fingerprint density at radius 3 is 2.64 bits per heavy atom. The largest absolute Gasteiger partial charge is 0.390 e. The number of hydrogen-bond acceptors (Lipinski definition) is 7. The van der Waals surface area contributed by atoms with E-state index in [1.54, 1.807) is 11.3 Å². The number of rotatable bonds is 5. The van der Waals surface area contributed by atoms with Crippen molar-refractivity contribution in [2.45, 2.75) is 49.1 Å². The standard InChI is InChI=1S/C24H24F2N6O3S/c1-24(33)7-4-15(5-8-24)31-36(34,35)21-10-14(2-3-17(21)25)20-12-29-23-22(27)30-19(13-32(20)23)16-6-9-28-11-18(16)26/h2-3,6,9-13,15,31,33H,4-5,7-8H2,1H3,(H2,27,30)/t15-,24-. The molecule has 36 heavy (non-hydrogen) atoms. The first-order valence-corrected chi connectivity index (χ1v) is 12.8. The number of imidazole rings is 1. The SMILES string of the molecule is C[C@]1(O)CC[C@H](NS(=O)(=O)c2cc(-c3cnc4c(N)nc(-c5ccncc5F)cn34)ccc2F)CC1. The summed E-state index contributed by atoms with van der Waals surface area (Å²) in [6.45, 7) is 1.72. The molecule has 0 spiro atoms. The summed E-state index contributed by atoms with van der Waals surface area (Å²) in [6.07, 6.45) is 7.25. The maximum atomic E-state index is 14.7. The number of benzene rings is 1. The highest BCUT2D eigenvalue weighted by Gasteiger charge is 2.32. The minimum absolute atomic E-state index is 0.0415. The lowest BCUT2D eigenvalue weighted by molar-refractivity contribution is 0.0163. The fraction of sp³-hybridized carbons (Fsp3) is 0.292. The number of nitrogens with two attached hydrogens (primary N) is 1. The molecular weight excluding hydrogens is 490 g/mol. The van der Waals surface area contributed by atoms with Gasteiger partial charge in [0.25, 0.3) is 0 Å². The fourth-order valence-corrected chi connectivity index (χ4v) is 5.86. The van der Waals surface area contributed by atoms with Crippen LogP contribution in [0.1, 0.15) is 32.6 Å². The number of nitrogens with zero attached hydrogens (tertiary/aromatic N) is 4. The number of nitrogen functional groups attached to an aromatic ring is 1. The normalized spacial score (nSPS) is 20.6. The predicted molar refractivity (Wildman–Crippen MR) is 129 cm³/mol. The zero-order chi connectivity index (χ0) is 25.7. The highest BCUT2D eigenvalue weighted by Crippen LogP contribution is 2.31. The van der Waals surface area contributed by atoms with Crippen molar-refractivity contribution in [3.8, 4) is 22.5 Å². The van der Waals surface area contributed by atoms with E-state index in [1.165, 1.54) is 36.8 Å². The molecule has 1 aliphatic carbocycles. The van der Waals surface area contributed by atoms with Crippen LogP contribution in [-0.2, 0) is 10.0 Å². The Labute approximate surface area is 206 Å². The van der Waals surface area contributed by atoms with Crippen molar-refractivity contribution < 1.29 is 22.3 Å². The first kappa shape index (κ1) is 24.2. The molecule has 1 aromatic carbocycles. The number of pyridine rings is 1. The second kappa shape index (κ2) is 8.87. The van der Waals surface area contributed by atoms with Gasteiger partial charge in [0.05, 0.1) is 29.4 Å². The summed E-state index contributed by atoms with van der Waals surface area (Å²) in [4.78, 5) is 11.7. The second-order valence-electron chi connectivity index (χ2n) is 9.24. The number of sulfonamides is 1. The lowest BCUT2D eigenvalue weighted by atomic mass is 9.84. The number of nitrogens with one attached hydrogen (secondary N) is 1. The zero-order valence-corrected chi connectivity index (χ0v) is 20.1. The molecule has 1 aliphatic rings. The summed E-state index contributed by atoms with van der Waals surface area (Å²) in [7, 11) is -4.19. The quantitative estimate of drug-likeness (QED) is 0.372. The Kier molecular flexibility index (Phi) is 5.97. The van der Waals surface area contributed by atoms with Crippen molar-refractivity contribution in [1.29, 1.82) is 0 Å². The van der Waals surface area contributed by atoms with Gasteiger partial charge in [-0.25, -0.2) is 31.9 Å². The van der Waals surface area contributed by atoms with Crippen molar-refractivity contribution in [2.24, 2.45) is 0 Å². The monoisotopic (exact) mass is 514 g/mol. The molecule has 0 bridgehead atoms. The molecule has 3 heterocycles. The third-order valence-corrected chi connectivity index (χ3v) is 8.00. The van der Waals surface area contributed by atoms with Crippen LogP contribution < -0.4 is 10.5 Å². The summed E-state index contributed by atoms with van der Waals surface area (Å²) in [6, 6.07) is 4.78. The molecule has 0 saturated heterocycles. The van der Waals surface area contributed by atoms with Crippen LogP contribution in [0.4, 0.5) is 14.6 Å². The van der Waals surface area contributed by atoms with E-state index in [0.29, 0.717) is 36.9 Å². The Morgan fingerprint density at radius 2 is 1.92 bits per heavy atom. The average Bonchev–Trinajstić information content (AvgIpc) is 3.25. The van der Waals surface area contributed by atoms with Crippen LogP contribution in [0.3, 0.4) is 0 Å². The lowest BCUT2D eigenvalue weighted by Gasteiger charge is -2.33. The molecule has 9 nitrogen and oxygen atoms in total. The van der Waals surface area contributed by atoms with Gasteiger partial charge in [0.15, 0.2) is 17.3 Å². The van der Waals surface area contributed by atoms with E-state index in [0.717, 1.165) is 12.3 Å². The van der Waals surface area contributed by atoms with E-state index in [-0.39, 0.29) is 22.7 Å². The molecule has 5 rings (SSSR count). The highest BCUT2D eigenvalue weighted by molar-refractivity contribution is 7.89. The van der Waals surface area contributed by atoms with E-state index in [4.69, 9.17) is 5.73 Å². The summed E-state index contributed by atoms with van der Waals surface area (Å²) >= 11 is 0. The molecule has 12 heteroatoms. The maximum Gasteiger partial charge on any atom is 0.243 e. The molecule has 1 saturated carbocycles. The van der Waals surface area contributed by atoms with Crippen LogP contribution in [0.15, 0.2) is 53.9 Å². The summed E-state index contributed by atoms with van der Waals surface area (Å²) < 4.78 is 59.3. The van der Waals surface area contributed by atoms with E-state index in [1.807, 2.05) is 0 Å². The molecule has 4 N–H and O–H groups in total. The van der Waals surface area contributed by atoms with Crippen LogP contribution in [0.2, 0.25) is 0 Å². The molecule has 0 unspecified atom stereocenters. The molecule has 1 fully saturated rings. The first-order valence-electron chi connectivity index (χ1n) is 11.3. The van der Waals surface area contributed by atoms with Crippen LogP contribution >= 0.6 is 0 Å². The topological polar surface area (TPSA) is 136 Å². The van der Waals surface area contributed by atoms with E-state index in [2.05, 4.69) is 19.7 Å². The Morgan fingerprint density at radius 1 is 1.17 bits per heavy atom. The van der Waals surface area contributed by atoms with Gasteiger partial charge < -0.3 is 10.8 Å². The molecule has 188 valence electrons. The molecule has 0 amide bonds. The van der Waals surface area contributed by atoms with E-state index < -0.39 is 38.2 Å². The molecule has 3 aromatic heterocycles. The van der Waals surface area contributed by atoms with Gasteiger partial charge in [-0.05, 0) is 56.9 Å². The van der Waals surface area contributed by atoms with Crippen molar-refractivity contribution in [3.63, 3.8) is 0 Å². The van der Waals surface area contributed by atoms with Gasteiger partial charge in [0, 0.05) is 29.6 Å². The number of anilines is 1. The smallest absolute Gasteiger partial charge is 0.243 e. The summed E-state index contributed by atoms with van der Waals surface area (Å²) in [5.74, 6) is -1.45. The third kappa shape index (κ3) is 4.54. The van der Waals surface area contributed by atoms with Crippen molar-refractivity contribution in [2.75, 3.05) is 5.73 Å². The zero-order valence-electron chi connectivity index (χ0n) is 19.3. The van der Waals surface area contributed by atoms with Crippen molar-refractivity contribution >= 4 is 21.5 Å². The summed E-state index contributed by atoms with van der Waals surface area (Å²) in [5.41, 5.74) is 6.70. The Hall–Kier alpha value is -3.48. The number of hydrogen-bond donors (Lipinski definition) is 3. The van der Waals surface area contributed by atoms with Gasteiger partial charge in [-0.2, -0.15) is 0 Å². The number of fused-ring (bicyclic) bond motifs is 1. The highest BCUT2D eigenvalue weighted by atomic mass is 32.2. The van der Waals surface area contributed by atoms with Gasteiger partial charge in [0.2, 0.25) is 10.0 Å². The molecule has 0 atom stereocenters. The lowest BCUT2D eigenvalue weighted by Crippen LogP contribution is -2.42. The maximum absolute atomic E-state index is 14.7. The fourth-order valence-electron chi connectivity index (χ4n) is 4.45. The van der Waals surface area contributed by atoms with Gasteiger partial charge in [-0.3, -0.25) is 9.38 Å². The molecule has 0 radical (unpaired) electrons.